The van der Waals surface area contributed by atoms with E-state index in [4.69, 9.17) is 0 Å². The predicted molar refractivity (Wildman–Crippen MR) is 82.4 cm³/mol. The molecule has 3 fully saturated rings. The Morgan fingerprint density at radius 3 is 2.33 bits per heavy atom. The monoisotopic (exact) mass is 313 g/mol. The highest BCUT2D eigenvalue weighted by atomic mass is 32.2. The number of hydrogen-bond acceptors (Lipinski definition) is 3. The van der Waals surface area contributed by atoms with Crippen LogP contribution in [-0.2, 0) is 14.8 Å². The van der Waals surface area contributed by atoms with Crippen LogP contribution in [0, 0.1) is 16.7 Å². The van der Waals surface area contributed by atoms with Crippen molar-refractivity contribution in [2.45, 2.75) is 71.3 Å². The largest absolute Gasteiger partial charge is 0.299 e. The van der Waals surface area contributed by atoms with Crippen molar-refractivity contribution >= 4 is 15.8 Å². The molecule has 0 saturated heterocycles. The summed E-state index contributed by atoms with van der Waals surface area (Å²) >= 11 is 0. The first-order valence-electron chi connectivity index (χ1n) is 8.30. The summed E-state index contributed by atoms with van der Waals surface area (Å²) in [5.41, 5.74) is -0.816. The van der Waals surface area contributed by atoms with E-state index in [0.29, 0.717) is 12.3 Å². The van der Waals surface area contributed by atoms with E-state index in [9.17, 15) is 13.2 Å². The summed E-state index contributed by atoms with van der Waals surface area (Å²) < 4.78 is 28.1. The molecule has 2 bridgehead atoms. The Hall–Kier alpha value is -0.420. The Morgan fingerprint density at radius 1 is 1.14 bits per heavy atom. The van der Waals surface area contributed by atoms with E-state index in [1.165, 1.54) is 6.42 Å². The molecule has 0 spiro atoms. The molecule has 0 heterocycles. The topological polar surface area (TPSA) is 63.2 Å². The molecule has 120 valence electrons. The van der Waals surface area contributed by atoms with Gasteiger partial charge in [-0.1, -0.05) is 33.1 Å². The fourth-order valence-electron chi connectivity index (χ4n) is 4.95. The van der Waals surface area contributed by atoms with Crippen LogP contribution in [0.25, 0.3) is 0 Å². The average Bonchev–Trinajstić information content (AvgIpc) is 2.72. The normalized spacial score (nSPS) is 36.3. The molecule has 0 aromatic rings. The zero-order valence-corrected chi connectivity index (χ0v) is 14.0. The van der Waals surface area contributed by atoms with Gasteiger partial charge in [-0.05, 0) is 37.0 Å². The fourth-order valence-corrected chi connectivity index (χ4v) is 7.10. The van der Waals surface area contributed by atoms with E-state index in [1.54, 1.807) is 0 Å². The molecule has 1 N–H and O–H groups in total. The van der Waals surface area contributed by atoms with E-state index < -0.39 is 15.4 Å². The number of sulfonamides is 1. The zero-order chi connectivity index (χ0) is 15.3. The van der Waals surface area contributed by atoms with Crippen LogP contribution >= 0.6 is 0 Å². The third kappa shape index (κ3) is 2.46. The van der Waals surface area contributed by atoms with Gasteiger partial charge in [-0.2, -0.15) is 0 Å². The molecule has 0 aromatic heterocycles. The quantitative estimate of drug-likeness (QED) is 0.868. The number of carbonyl (C=O) groups is 1. The summed E-state index contributed by atoms with van der Waals surface area (Å²) in [6.07, 6.45) is 7.60. The maximum Gasteiger partial charge on any atom is 0.212 e. The maximum absolute atomic E-state index is 12.6. The van der Waals surface area contributed by atoms with E-state index >= 15 is 0 Å². The van der Waals surface area contributed by atoms with E-state index in [2.05, 4.69) is 18.6 Å². The lowest BCUT2D eigenvalue weighted by Gasteiger charge is -2.36. The molecule has 3 aliphatic carbocycles. The predicted octanol–water partition coefficient (Wildman–Crippen LogP) is 2.63. The van der Waals surface area contributed by atoms with Gasteiger partial charge in [0.1, 0.15) is 5.78 Å². The van der Waals surface area contributed by atoms with Gasteiger partial charge < -0.3 is 0 Å². The summed E-state index contributed by atoms with van der Waals surface area (Å²) in [7, 11) is -3.38. The Balaban J connectivity index is 1.76. The van der Waals surface area contributed by atoms with E-state index in [1.807, 2.05) is 0 Å². The van der Waals surface area contributed by atoms with Crippen molar-refractivity contribution in [2.24, 2.45) is 16.7 Å². The van der Waals surface area contributed by atoms with Crippen LogP contribution in [0.2, 0.25) is 0 Å². The van der Waals surface area contributed by atoms with Gasteiger partial charge in [0.15, 0.2) is 0 Å². The molecule has 0 radical (unpaired) electrons. The minimum Gasteiger partial charge on any atom is -0.299 e. The molecule has 3 rings (SSSR count). The number of hydrogen-bond donors (Lipinski definition) is 1. The van der Waals surface area contributed by atoms with Crippen LogP contribution in [0.1, 0.15) is 65.2 Å². The van der Waals surface area contributed by atoms with Gasteiger partial charge >= 0.3 is 0 Å². The van der Waals surface area contributed by atoms with Gasteiger partial charge in [-0.3, -0.25) is 4.79 Å². The first kappa shape index (κ1) is 15.5. The molecule has 2 atom stereocenters. The molecule has 0 unspecified atom stereocenters. The van der Waals surface area contributed by atoms with Gasteiger partial charge in [-0.25, -0.2) is 13.1 Å². The molecule has 4 nitrogen and oxygen atoms in total. The van der Waals surface area contributed by atoms with Crippen LogP contribution in [0.15, 0.2) is 0 Å². The summed E-state index contributed by atoms with van der Waals surface area (Å²) in [6.45, 7) is 4.18. The van der Waals surface area contributed by atoms with Gasteiger partial charge in [0.2, 0.25) is 10.0 Å². The molecule has 5 heteroatoms. The highest BCUT2D eigenvalue weighted by molar-refractivity contribution is 7.89. The number of fused-ring (bicyclic) bond motifs is 2. The van der Waals surface area contributed by atoms with Crippen molar-refractivity contribution < 1.29 is 13.2 Å². The second-order valence-corrected chi connectivity index (χ2v) is 9.63. The summed E-state index contributed by atoms with van der Waals surface area (Å²) in [5, 5.41) is 0. The van der Waals surface area contributed by atoms with Crippen molar-refractivity contribution in [2.75, 3.05) is 5.75 Å². The van der Waals surface area contributed by atoms with Gasteiger partial charge in [0.25, 0.3) is 0 Å². The third-order valence-corrected chi connectivity index (χ3v) is 8.09. The SMILES string of the molecule is CC1(C)[C@@H]2CC[C@]1(CS(=O)(=O)NC1CCCCC1)C(=O)C2. The lowest BCUT2D eigenvalue weighted by atomic mass is 9.70. The standard InChI is InChI=1S/C16H27NO3S/c1-15(2)12-8-9-16(15,14(18)10-12)11-21(19,20)17-13-6-4-3-5-7-13/h12-13,17H,3-11H2,1-2H3/t12-,16+/m1/s1. The van der Waals surface area contributed by atoms with Crippen LogP contribution in [0.5, 0.6) is 0 Å². The first-order chi connectivity index (χ1) is 9.77. The molecule has 0 amide bonds. The minimum atomic E-state index is -3.38. The highest BCUT2D eigenvalue weighted by Crippen LogP contribution is 2.64. The van der Waals surface area contributed by atoms with Crippen molar-refractivity contribution in [3.8, 4) is 0 Å². The number of rotatable bonds is 4. The van der Waals surface area contributed by atoms with E-state index in [-0.39, 0.29) is 23.0 Å². The Bertz CT molecular complexity index is 534. The number of ketones is 1. The van der Waals surface area contributed by atoms with Crippen LogP contribution in [-0.4, -0.2) is 26.0 Å². The van der Waals surface area contributed by atoms with Crippen LogP contribution in [0.3, 0.4) is 0 Å². The molecule has 0 aliphatic heterocycles. The number of Topliss-reactive ketones (excluding diaryl/α,β-unsaturated/α-hetero) is 1. The summed E-state index contributed by atoms with van der Waals surface area (Å²) in [5.74, 6) is 0.548. The van der Waals surface area contributed by atoms with Crippen LogP contribution in [0.4, 0.5) is 0 Å². The lowest BCUT2D eigenvalue weighted by molar-refractivity contribution is -0.128. The van der Waals surface area contributed by atoms with Crippen molar-refractivity contribution in [3.63, 3.8) is 0 Å². The van der Waals surface area contributed by atoms with Crippen molar-refractivity contribution in [3.05, 3.63) is 0 Å². The smallest absolute Gasteiger partial charge is 0.212 e. The van der Waals surface area contributed by atoms with E-state index in [0.717, 1.165) is 38.5 Å². The van der Waals surface area contributed by atoms with Crippen LogP contribution < -0.4 is 4.72 Å². The maximum atomic E-state index is 12.6. The minimum absolute atomic E-state index is 0.00116. The molecule has 3 saturated carbocycles. The second-order valence-electron chi connectivity index (χ2n) is 7.88. The Labute approximate surface area is 128 Å². The van der Waals surface area contributed by atoms with Crippen molar-refractivity contribution in [1.82, 2.24) is 4.72 Å². The van der Waals surface area contributed by atoms with Crippen molar-refractivity contribution in [1.29, 1.82) is 0 Å². The van der Waals surface area contributed by atoms with Gasteiger partial charge in [0, 0.05) is 17.9 Å². The highest BCUT2D eigenvalue weighted by Gasteiger charge is 2.65. The first-order valence-corrected chi connectivity index (χ1v) is 9.95. The molecule has 0 aromatic carbocycles. The molecule has 21 heavy (non-hydrogen) atoms. The van der Waals surface area contributed by atoms with Gasteiger partial charge in [-0.15, -0.1) is 0 Å². The number of nitrogens with one attached hydrogen (secondary N) is 1. The Kier molecular flexibility index (Phi) is 3.72. The molecular weight excluding hydrogens is 286 g/mol. The molecule has 3 aliphatic rings. The zero-order valence-electron chi connectivity index (χ0n) is 13.2. The second kappa shape index (κ2) is 5.05. The molecular formula is C16H27NO3S. The summed E-state index contributed by atoms with van der Waals surface area (Å²) in [6, 6.07) is 0.0805. The third-order valence-electron chi connectivity index (χ3n) is 6.53. The van der Waals surface area contributed by atoms with Gasteiger partial charge in [0.05, 0.1) is 5.75 Å². The number of carbonyl (C=O) groups excluding carboxylic acids is 1. The summed E-state index contributed by atoms with van der Waals surface area (Å²) in [4.78, 5) is 12.5. The fraction of sp³-hybridized carbons (Fsp3) is 0.938. The Morgan fingerprint density at radius 2 is 1.81 bits per heavy atom. The lowest BCUT2D eigenvalue weighted by Crippen LogP contribution is -2.47. The average molecular weight is 313 g/mol.